The minimum absolute atomic E-state index is 0.135. The fourth-order valence-electron chi connectivity index (χ4n) is 6.38. The highest BCUT2D eigenvalue weighted by Gasteiger charge is 2.30. The highest BCUT2D eigenvalue weighted by molar-refractivity contribution is 5.43. The van der Waals surface area contributed by atoms with Crippen LogP contribution in [-0.4, -0.2) is 63.1 Å². The third-order valence-electron chi connectivity index (χ3n) is 10.7. The SMILES string of the molecule is CC(C)(OCC(O)COc1ccc(C(C)(C)c2ccc(C(C)(C)OCC3CO3)cc2)cc1)c1ccc(C(C)(C)c2ccc(OCC3CO3)cc2)cc1. The van der Waals surface area contributed by atoms with E-state index >= 15 is 0 Å². The van der Waals surface area contributed by atoms with Crippen LogP contribution in [0.15, 0.2) is 97.1 Å². The monoisotopic (exact) mass is 708 g/mol. The zero-order chi connectivity index (χ0) is 37.1. The minimum Gasteiger partial charge on any atom is -0.491 e. The normalized spacial score (nSPS) is 18.2. The summed E-state index contributed by atoms with van der Waals surface area (Å²) in [4.78, 5) is 0. The standard InChI is InChI=1S/C45H56O7/c1-42(2,32-11-15-36(16-12-32)45(7,8)52-30-41-29-50-41)33-17-21-38(22-18-33)47-25-37(46)26-51-44(5,6)35-13-9-31(10-14-35)43(3,4)34-19-23-39(24-20-34)48-27-40-28-49-40/h9-24,37,40-41,46H,25-30H2,1-8H3. The average Bonchev–Trinajstić information content (AvgIpc) is 4.08. The van der Waals surface area contributed by atoms with Gasteiger partial charge in [0.2, 0.25) is 0 Å². The molecule has 0 aliphatic carbocycles. The Bertz CT molecular complexity index is 1730. The second-order valence-electron chi connectivity index (χ2n) is 16.3. The summed E-state index contributed by atoms with van der Waals surface area (Å²) in [5, 5.41) is 10.8. The van der Waals surface area contributed by atoms with Gasteiger partial charge < -0.3 is 33.5 Å². The molecule has 278 valence electrons. The van der Waals surface area contributed by atoms with Crippen molar-refractivity contribution in [2.75, 3.05) is 39.6 Å². The van der Waals surface area contributed by atoms with Crippen LogP contribution in [0.25, 0.3) is 0 Å². The van der Waals surface area contributed by atoms with E-state index in [2.05, 4.69) is 114 Å². The molecule has 0 saturated carbocycles. The molecule has 2 aliphatic rings. The Morgan fingerprint density at radius 2 is 0.846 bits per heavy atom. The van der Waals surface area contributed by atoms with Gasteiger partial charge in [0.1, 0.15) is 43.0 Å². The number of aliphatic hydroxyl groups excluding tert-OH is 1. The Hall–Kier alpha value is -3.72. The van der Waals surface area contributed by atoms with Crippen LogP contribution in [0.1, 0.15) is 88.8 Å². The summed E-state index contributed by atoms with van der Waals surface area (Å²) in [5.41, 5.74) is 5.64. The predicted molar refractivity (Wildman–Crippen MR) is 204 cm³/mol. The zero-order valence-electron chi connectivity index (χ0n) is 32.1. The lowest BCUT2D eigenvalue weighted by molar-refractivity contribution is -0.0717. The lowest BCUT2D eigenvalue weighted by Gasteiger charge is -2.30. The van der Waals surface area contributed by atoms with E-state index in [0.717, 1.165) is 30.1 Å². The number of hydrogen-bond donors (Lipinski definition) is 1. The van der Waals surface area contributed by atoms with Gasteiger partial charge in [0.25, 0.3) is 0 Å². The van der Waals surface area contributed by atoms with Crippen LogP contribution in [0, 0.1) is 0 Å². The molecular formula is C45H56O7. The van der Waals surface area contributed by atoms with E-state index in [9.17, 15) is 5.11 Å². The number of aliphatic hydroxyl groups is 1. The van der Waals surface area contributed by atoms with E-state index in [1.807, 2.05) is 38.1 Å². The first-order valence-electron chi connectivity index (χ1n) is 18.5. The Morgan fingerprint density at radius 1 is 0.500 bits per heavy atom. The molecule has 0 aromatic heterocycles. The maximum atomic E-state index is 10.8. The summed E-state index contributed by atoms with van der Waals surface area (Å²) in [6.45, 7) is 20.3. The molecule has 4 aromatic carbocycles. The number of benzene rings is 4. The van der Waals surface area contributed by atoms with Crippen LogP contribution in [0.5, 0.6) is 11.5 Å². The van der Waals surface area contributed by atoms with Crippen molar-refractivity contribution in [3.8, 4) is 11.5 Å². The van der Waals surface area contributed by atoms with Gasteiger partial charge in [-0.2, -0.15) is 0 Å². The summed E-state index contributed by atoms with van der Waals surface area (Å²) in [6.07, 6.45) is -0.295. The quantitative estimate of drug-likeness (QED) is 0.104. The third kappa shape index (κ3) is 9.44. The molecular weight excluding hydrogens is 652 g/mol. The second-order valence-corrected chi connectivity index (χ2v) is 16.3. The molecule has 2 aliphatic heterocycles. The Morgan fingerprint density at radius 3 is 1.27 bits per heavy atom. The molecule has 0 radical (unpaired) electrons. The van der Waals surface area contributed by atoms with Crippen LogP contribution < -0.4 is 9.47 Å². The Kier molecular flexibility index (Phi) is 11.2. The molecule has 0 spiro atoms. The summed E-state index contributed by atoms with van der Waals surface area (Å²) in [7, 11) is 0. The van der Waals surface area contributed by atoms with Crippen molar-refractivity contribution in [1.82, 2.24) is 0 Å². The van der Waals surface area contributed by atoms with Crippen LogP contribution >= 0.6 is 0 Å². The van der Waals surface area contributed by atoms with Crippen molar-refractivity contribution >= 4 is 0 Å². The van der Waals surface area contributed by atoms with E-state index in [1.54, 1.807) is 0 Å². The molecule has 1 N–H and O–H groups in total. The van der Waals surface area contributed by atoms with Gasteiger partial charge in [0.05, 0.1) is 37.6 Å². The molecule has 3 unspecified atom stereocenters. The number of hydrogen-bond acceptors (Lipinski definition) is 7. The lowest BCUT2D eigenvalue weighted by Crippen LogP contribution is -2.30. The van der Waals surface area contributed by atoms with Crippen LogP contribution in [0.2, 0.25) is 0 Å². The molecule has 52 heavy (non-hydrogen) atoms. The summed E-state index contributed by atoms with van der Waals surface area (Å²) in [6, 6.07) is 33.7. The largest absolute Gasteiger partial charge is 0.491 e. The van der Waals surface area contributed by atoms with Gasteiger partial charge in [-0.05, 0) is 85.3 Å². The average molecular weight is 709 g/mol. The first-order chi connectivity index (χ1) is 24.6. The summed E-state index contributed by atoms with van der Waals surface area (Å²) < 4.78 is 34.7. The van der Waals surface area contributed by atoms with Crippen LogP contribution in [0.4, 0.5) is 0 Å². The first kappa shape index (κ1) is 38.0. The van der Waals surface area contributed by atoms with Gasteiger partial charge in [0, 0.05) is 10.8 Å². The third-order valence-corrected chi connectivity index (χ3v) is 10.7. The predicted octanol–water partition coefficient (Wildman–Crippen LogP) is 8.46. The fraction of sp³-hybridized carbons (Fsp3) is 0.467. The van der Waals surface area contributed by atoms with Gasteiger partial charge in [-0.25, -0.2) is 0 Å². The van der Waals surface area contributed by atoms with Gasteiger partial charge in [0.15, 0.2) is 0 Å². The van der Waals surface area contributed by atoms with Crippen molar-refractivity contribution in [3.05, 3.63) is 130 Å². The van der Waals surface area contributed by atoms with Crippen molar-refractivity contribution in [2.24, 2.45) is 0 Å². The van der Waals surface area contributed by atoms with E-state index in [4.69, 9.17) is 28.4 Å². The zero-order valence-corrected chi connectivity index (χ0v) is 32.1. The first-order valence-corrected chi connectivity index (χ1v) is 18.5. The van der Waals surface area contributed by atoms with Crippen molar-refractivity contribution in [3.63, 3.8) is 0 Å². The molecule has 2 saturated heterocycles. The highest BCUT2D eigenvalue weighted by Crippen LogP contribution is 2.36. The van der Waals surface area contributed by atoms with E-state index in [0.29, 0.717) is 19.0 Å². The second kappa shape index (κ2) is 15.3. The van der Waals surface area contributed by atoms with Gasteiger partial charge in [-0.3, -0.25) is 0 Å². The summed E-state index contributed by atoms with van der Waals surface area (Å²) in [5.74, 6) is 1.57. The van der Waals surface area contributed by atoms with Crippen LogP contribution in [-0.2, 0) is 41.0 Å². The van der Waals surface area contributed by atoms with Gasteiger partial charge >= 0.3 is 0 Å². The maximum Gasteiger partial charge on any atom is 0.119 e. The van der Waals surface area contributed by atoms with Gasteiger partial charge in [-0.1, -0.05) is 100 Å². The summed E-state index contributed by atoms with van der Waals surface area (Å²) >= 11 is 0. The van der Waals surface area contributed by atoms with E-state index < -0.39 is 11.7 Å². The highest BCUT2D eigenvalue weighted by atomic mass is 16.6. The Labute approximate surface area is 310 Å². The fourth-order valence-corrected chi connectivity index (χ4v) is 6.38. The molecule has 2 heterocycles. The van der Waals surface area contributed by atoms with Crippen molar-refractivity contribution in [2.45, 2.75) is 95.7 Å². The minimum atomic E-state index is -0.777. The number of rotatable bonds is 18. The van der Waals surface area contributed by atoms with Gasteiger partial charge in [-0.15, -0.1) is 0 Å². The molecule has 0 amide bonds. The smallest absolute Gasteiger partial charge is 0.119 e. The van der Waals surface area contributed by atoms with Crippen molar-refractivity contribution < 1.29 is 33.5 Å². The molecule has 3 atom stereocenters. The topological polar surface area (TPSA) is 82.2 Å². The van der Waals surface area contributed by atoms with E-state index in [-0.39, 0.29) is 41.9 Å². The Balaban J connectivity index is 0.973. The van der Waals surface area contributed by atoms with Crippen LogP contribution in [0.3, 0.4) is 0 Å². The number of epoxide rings is 2. The van der Waals surface area contributed by atoms with E-state index in [1.165, 1.54) is 22.3 Å². The molecule has 4 aromatic rings. The molecule has 7 heteroatoms. The lowest BCUT2D eigenvalue weighted by atomic mass is 9.77. The molecule has 0 bridgehead atoms. The maximum absolute atomic E-state index is 10.8. The van der Waals surface area contributed by atoms with Crippen molar-refractivity contribution in [1.29, 1.82) is 0 Å². The number of ether oxygens (including phenoxy) is 6. The molecule has 2 fully saturated rings. The molecule has 7 nitrogen and oxygen atoms in total. The molecule has 6 rings (SSSR count).